The van der Waals surface area contributed by atoms with E-state index in [-0.39, 0.29) is 28.9 Å². The Hall–Kier alpha value is -0.870. The molecule has 2 aromatic heterocycles. The van der Waals surface area contributed by atoms with Crippen molar-refractivity contribution in [3.8, 4) is 0 Å². The highest BCUT2D eigenvalue weighted by Gasteiger charge is 2.55. The Morgan fingerprint density at radius 2 is 1.91 bits per heavy atom. The van der Waals surface area contributed by atoms with Gasteiger partial charge in [0.05, 0.1) is 12.9 Å². The minimum Gasteiger partial charge on any atom is -0.382 e. The first-order valence-corrected chi connectivity index (χ1v) is 13.4. The fourth-order valence-electron chi connectivity index (χ4n) is 3.40. The first-order chi connectivity index (χ1) is 15.5. The van der Waals surface area contributed by atoms with E-state index < -0.39 is 55.3 Å². The highest BCUT2D eigenvalue weighted by atomic mass is 35.5. The van der Waals surface area contributed by atoms with E-state index in [9.17, 15) is 18.9 Å². The minimum absolute atomic E-state index is 0.0648. The topological polar surface area (TPSA) is 218 Å². The molecule has 3 aliphatic rings. The summed E-state index contributed by atoms with van der Waals surface area (Å²) < 4.78 is 65.6. The Morgan fingerprint density at radius 3 is 2.61 bits per heavy atom. The predicted octanol–water partition coefficient (Wildman–Crippen LogP) is 1.18. The highest BCUT2D eigenvalue weighted by molar-refractivity contribution is 7.72. The summed E-state index contributed by atoms with van der Waals surface area (Å²) in [6.07, 6.45) is -1.84. The number of nitrogens with zero attached hydrogens (tertiary/aromatic N) is 4. The van der Waals surface area contributed by atoms with E-state index in [2.05, 4.69) is 27.9 Å². The number of anilines is 1. The summed E-state index contributed by atoms with van der Waals surface area (Å²) in [5.41, 5.74) is 6.40. The summed E-state index contributed by atoms with van der Waals surface area (Å²) in [4.78, 5) is 31.0. The predicted molar refractivity (Wildman–Crippen MR) is 105 cm³/mol. The maximum Gasteiger partial charge on any atom is 0.488 e. The molecule has 0 bridgehead atoms. The van der Waals surface area contributed by atoms with Crippen LogP contribution in [0.5, 0.6) is 0 Å². The molecule has 33 heavy (non-hydrogen) atoms. The van der Waals surface area contributed by atoms with Gasteiger partial charge in [0.1, 0.15) is 23.8 Å². The van der Waals surface area contributed by atoms with Crippen molar-refractivity contribution in [2.75, 3.05) is 19.5 Å². The van der Waals surface area contributed by atoms with E-state index in [0.717, 1.165) is 0 Å². The number of phosphoric acid groups is 2. The molecule has 0 saturated carbocycles. The Balaban J connectivity index is 1.38. The third-order valence-electron chi connectivity index (χ3n) is 4.60. The highest BCUT2D eigenvalue weighted by Crippen LogP contribution is 2.76. The SMILES string of the molecule is COC1O[C@@H]2[C@H](O1)[C@@H](COP1OP(=O)(O)OP(=O)(O)O1)O[C@H]2n1cnc2c(N)nc(Cl)nc21. The molecule has 17 nitrogen and oxygen atoms in total. The summed E-state index contributed by atoms with van der Waals surface area (Å²) in [5.74, 6) is 0.0648. The molecule has 5 heterocycles. The maximum absolute atomic E-state index is 11.6. The lowest BCUT2D eigenvalue weighted by molar-refractivity contribution is -0.256. The van der Waals surface area contributed by atoms with E-state index in [1.165, 1.54) is 18.0 Å². The molecule has 3 fully saturated rings. The Morgan fingerprint density at radius 1 is 1.21 bits per heavy atom. The quantitative estimate of drug-likeness (QED) is 0.352. The average molecular weight is 550 g/mol. The standard InChI is InChI=1S/C12H15ClN5O12P3/c1-23-12-26-6-4(2-24-31-28-32(19,20)30-33(21,22)29-31)25-10(7(6)27-12)18-3-15-5-8(14)16-11(13)17-9(5)18/h3-4,6-7,10,12H,2H2,1H3,(H,19,20)(H,21,22)(H2,14,16,17)/t4-,6-,7-,10-,12?/m1/s1. The van der Waals surface area contributed by atoms with Crippen molar-refractivity contribution in [2.24, 2.45) is 0 Å². The van der Waals surface area contributed by atoms with E-state index in [0.29, 0.717) is 0 Å². The maximum atomic E-state index is 11.6. The number of nitrogen functional groups attached to an aromatic ring is 1. The van der Waals surface area contributed by atoms with Crippen LogP contribution < -0.4 is 5.73 Å². The number of aromatic nitrogens is 4. The average Bonchev–Trinajstić information content (AvgIpc) is 3.37. The van der Waals surface area contributed by atoms with Crippen LogP contribution in [0.4, 0.5) is 5.82 Å². The van der Waals surface area contributed by atoms with Gasteiger partial charge >= 0.3 is 24.2 Å². The molecular weight excluding hydrogens is 535 g/mol. The number of nitrogens with two attached hydrogens (primary N) is 1. The molecule has 0 radical (unpaired) electrons. The molecule has 2 aromatic rings. The molecule has 182 valence electrons. The summed E-state index contributed by atoms with van der Waals surface area (Å²) in [6.45, 7) is -1.38. The number of fused-ring (bicyclic) bond motifs is 2. The van der Waals surface area contributed by atoms with Gasteiger partial charge < -0.3 is 39.0 Å². The van der Waals surface area contributed by atoms with Crippen molar-refractivity contribution in [1.29, 1.82) is 0 Å². The van der Waals surface area contributed by atoms with Crippen LogP contribution in [-0.2, 0) is 45.5 Å². The second kappa shape index (κ2) is 8.66. The lowest BCUT2D eigenvalue weighted by atomic mass is 10.1. The Kier molecular flexibility index (Phi) is 6.26. The fourth-order valence-corrected chi connectivity index (χ4v) is 7.77. The third-order valence-corrected chi connectivity index (χ3v) is 9.50. The lowest BCUT2D eigenvalue weighted by Crippen LogP contribution is -2.31. The number of ether oxygens (including phenoxy) is 4. The number of hydrogen-bond donors (Lipinski definition) is 3. The van der Waals surface area contributed by atoms with Crippen molar-refractivity contribution < 1.29 is 55.3 Å². The number of halogens is 1. The third kappa shape index (κ3) is 4.68. The van der Waals surface area contributed by atoms with E-state index in [4.69, 9.17) is 40.8 Å². The molecule has 3 saturated heterocycles. The first kappa shape index (κ1) is 23.9. The molecule has 3 aliphatic heterocycles. The summed E-state index contributed by atoms with van der Waals surface area (Å²) >= 11 is 5.92. The molecule has 0 aliphatic carbocycles. The number of methoxy groups -OCH3 is 1. The van der Waals surface area contributed by atoms with E-state index >= 15 is 0 Å². The smallest absolute Gasteiger partial charge is 0.382 e. The molecule has 21 heteroatoms. The van der Waals surface area contributed by atoms with Crippen molar-refractivity contribution in [2.45, 2.75) is 31.0 Å². The van der Waals surface area contributed by atoms with Gasteiger partial charge in [-0.1, -0.05) is 0 Å². The first-order valence-electron chi connectivity index (χ1n) is 8.89. The van der Waals surface area contributed by atoms with Gasteiger partial charge in [-0.3, -0.25) is 4.57 Å². The van der Waals surface area contributed by atoms with Gasteiger partial charge in [0.25, 0.3) is 6.48 Å². The zero-order valence-corrected chi connectivity index (χ0v) is 19.7. The molecule has 0 spiro atoms. The fraction of sp³-hybridized carbons (Fsp3) is 0.583. The van der Waals surface area contributed by atoms with Crippen LogP contribution in [0.3, 0.4) is 0 Å². The van der Waals surface area contributed by atoms with E-state index in [1.807, 2.05) is 0 Å². The normalized spacial score (nSPS) is 41.0. The van der Waals surface area contributed by atoms with Gasteiger partial charge in [0, 0.05) is 7.11 Å². The van der Waals surface area contributed by atoms with Crippen molar-refractivity contribution in [3.63, 3.8) is 0 Å². The van der Waals surface area contributed by atoms with Gasteiger partial charge in [-0.25, -0.2) is 22.7 Å². The minimum atomic E-state index is -4.85. The number of imidazole rings is 1. The summed E-state index contributed by atoms with van der Waals surface area (Å²) in [5, 5.41) is -0.104. The van der Waals surface area contributed by atoms with Crippen LogP contribution >= 0.6 is 35.8 Å². The monoisotopic (exact) mass is 549 g/mol. The molecule has 7 atom stereocenters. The molecule has 3 unspecified atom stereocenters. The van der Waals surface area contributed by atoms with Crippen molar-refractivity contribution in [3.05, 3.63) is 11.6 Å². The van der Waals surface area contributed by atoms with E-state index in [1.54, 1.807) is 0 Å². The number of hydrogen-bond acceptors (Lipinski definition) is 14. The van der Waals surface area contributed by atoms with Gasteiger partial charge in [-0.15, -0.1) is 0 Å². The van der Waals surface area contributed by atoms with Crippen LogP contribution in [0.2, 0.25) is 5.28 Å². The summed E-state index contributed by atoms with van der Waals surface area (Å²) in [6, 6.07) is 0. The molecule has 0 amide bonds. The summed E-state index contributed by atoms with van der Waals surface area (Å²) in [7, 11) is -11.1. The molecular formula is C12H15ClN5O12P3. The molecule has 0 aromatic carbocycles. The van der Waals surface area contributed by atoms with Gasteiger partial charge in [0.15, 0.2) is 17.7 Å². The lowest BCUT2D eigenvalue weighted by Gasteiger charge is -2.27. The van der Waals surface area contributed by atoms with Crippen LogP contribution in [-0.4, -0.2) is 67.8 Å². The van der Waals surface area contributed by atoms with Gasteiger partial charge in [0.2, 0.25) is 5.28 Å². The van der Waals surface area contributed by atoms with Crippen LogP contribution in [0, 0.1) is 0 Å². The van der Waals surface area contributed by atoms with Crippen LogP contribution in [0.1, 0.15) is 6.23 Å². The zero-order valence-electron chi connectivity index (χ0n) is 16.2. The van der Waals surface area contributed by atoms with Crippen LogP contribution in [0.15, 0.2) is 6.33 Å². The van der Waals surface area contributed by atoms with Crippen molar-refractivity contribution >= 4 is 52.8 Å². The van der Waals surface area contributed by atoms with Gasteiger partial charge in [-0.2, -0.15) is 14.3 Å². The molecule has 4 N–H and O–H groups in total. The largest absolute Gasteiger partial charge is 0.488 e. The van der Waals surface area contributed by atoms with Gasteiger partial charge in [-0.05, 0) is 11.6 Å². The number of rotatable bonds is 5. The molecule has 5 rings (SSSR count). The Bertz CT molecular complexity index is 1150. The Labute approximate surface area is 190 Å². The second-order valence-corrected chi connectivity index (χ2v) is 11.6. The second-order valence-electron chi connectivity index (χ2n) is 6.69. The van der Waals surface area contributed by atoms with Crippen LogP contribution in [0.25, 0.3) is 11.2 Å². The van der Waals surface area contributed by atoms with Crippen molar-refractivity contribution in [1.82, 2.24) is 19.5 Å². The zero-order chi connectivity index (χ0) is 23.5.